The summed E-state index contributed by atoms with van der Waals surface area (Å²) in [6.45, 7) is 3.70. The van der Waals surface area contributed by atoms with Gasteiger partial charge in [0.2, 0.25) is 0 Å². The monoisotopic (exact) mass is 211 g/mol. The smallest absolute Gasteiger partial charge is 0.0964 e. The maximum Gasteiger partial charge on any atom is 0.0964 e. The second-order valence-electron chi connectivity index (χ2n) is 3.65. The normalized spacial score (nSPS) is 27.6. The van der Waals surface area contributed by atoms with Gasteiger partial charge in [0.25, 0.3) is 0 Å². The molecule has 0 radical (unpaired) electrons. The van der Waals surface area contributed by atoms with Gasteiger partial charge >= 0.3 is 0 Å². The van der Waals surface area contributed by atoms with Gasteiger partial charge in [-0.3, -0.25) is 0 Å². The summed E-state index contributed by atoms with van der Waals surface area (Å²) in [5.74, 6) is 0. The van der Waals surface area contributed by atoms with Crippen molar-refractivity contribution in [3.05, 3.63) is 34.9 Å². The van der Waals surface area contributed by atoms with Crippen LogP contribution in [0, 0.1) is 0 Å². The minimum atomic E-state index is 0.0971. The number of halogens is 1. The summed E-state index contributed by atoms with van der Waals surface area (Å²) in [5, 5.41) is 4.16. The first-order valence-electron chi connectivity index (χ1n) is 4.87. The molecule has 14 heavy (non-hydrogen) atoms. The van der Waals surface area contributed by atoms with Crippen LogP contribution >= 0.6 is 11.6 Å². The van der Waals surface area contributed by atoms with Crippen LogP contribution in [-0.2, 0) is 4.74 Å². The molecule has 0 spiro atoms. The SMILES string of the molecule is C[C@@H]1CO[C@H](c2ccccc2Cl)CN1. The van der Waals surface area contributed by atoms with Gasteiger partial charge in [-0.25, -0.2) is 0 Å². The standard InChI is InChI=1S/C11H14ClNO/c1-8-7-14-11(6-13-8)9-4-2-3-5-10(9)12/h2-5,8,11,13H,6-7H2,1H3/t8-,11+/m1/s1. The molecule has 1 aromatic rings. The molecule has 0 bridgehead atoms. The van der Waals surface area contributed by atoms with Gasteiger partial charge in [0.1, 0.15) is 0 Å². The Morgan fingerprint density at radius 3 is 2.86 bits per heavy atom. The van der Waals surface area contributed by atoms with Crippen LogP contribution in [0.2, 0.25) is 5.02 Å². The van der Waals surface area contributed by atoms with Crippen molar-refractivity contribution >= 4 is 11.6 Å². The van der Waals surface area contributed by atoms with Crippen molar-refractivity contribution in [3.63, 3.8) is 0 Å². The van der Waals surface area contributed by atoms with Crippen molar-refractivity contribution < 1.29 is 4.74 Å². The zero-order valence-corrected chi connectivity index (χ0v) is 8.92. The van der Waals surface area contributed by atoms with Crippen molar-refractivity contribution in [3.8, 4) is 0 Å². The van der Waals surface area contributed by atoms with Crippen molar-refractivity contribution in [1.82, 2.24) is 5.32 Å². The van der Waals surface area contributed by atoms with Gasteiger partial charge in [0.05, 0.1) is 12.7 Å². The molecular weight excluding hydrogens is 198 g/mol. The van der Waals surface area contributed by atoms with Crippen LogP contribution < -0.4 is 5.32 Å². The highest BCUT2D eigenvalue weighted by Gasteiger charge is 2.20. The molecule has 1 aliphatic rings. The summed E-state index contributed by atoms with van der Waals surface area (Å²) in [5.41, 5.74) is 1.08. The molecule has 1 fully saturated rings. The van der Waals surface area contributed by atoms with Gasteiger partial charge in [0.15, 0.2) is 0 Å². The fraction of sp³-hybridized carbons (Fsp3) is 0.455. The van der Waals surface area contributed by atoms with Crippen LogP contribution in [0.25, 0.3) is 0 Å². The lowest BCUT2D eigenvalue weighted by molar-refractivity contribution is 0.00701. The Kier molecular flexibility index (Phi) is 3.06. The lowest BCUT2D eigenvalue weighted by Crippen LogP contribution is -2.40. The second-order valence-corrected chi connectivity index (χ2v) is 4.06. The Morgan fingerprint density at radius 1 is 1.43 bits per heavy atom. The molecule has 0 aliphatic carbocycles. The number of ether oxygens (including phenoxy) is 1. The number of nitrogens with one attached hydrogen (secondary N) is 1. The van der Waals surface area contributed by atoms with Crippen molar-refractivity contribution in [2.24, 2.45) is 0 Å². The van der Waals surface area contributed by atoms with Crippen LogP contribution in [-0.4, -0.2) is 19.2 Å². The van der Waals surface area contributed by atoms with Gasteiger partial charge in [-0.2, -0.15) is 0 Å². The minimum Gasteiger partial charge on any atom is -0.371 e. The lowest BCUT2D eigenvalue weighted by atomic mass is 10.1. The first-order valence-corrected chi connectivity index (χ1v) is 5.24. The molecule has 0 aromatic heterocycles. The average Bonchev–Trinajstić information content (AvgIpc) is 2.20. The Morgan fingerprint density at radius 2 is 2.21 bits per heavy atom. The quantitative estimate of drug-likeness (QED) is 0.770. The van der Waals surface area contributed by atoms with E-state index in [1.165, 1.54) is 0 Å². The maximum absolute atomic E-state index is 6.09. The average molecular weight is 212 g/mol. The summed E-state index contributed by atoms with van der Waals surface area (Å²) >= 11 is 6.09. The van der Waals surface area contributed by atoms with Crippen LogP contribution in [0.15, 0.2) is 24.3 Å². The molecule has 2 atom stereocenters. The highest BCUT2D eigenvalue weighted by Crippen LogP contribution is 2.26. The molecule has 1 heterocycles. The highest BCUT2D eigenvalue weighted by atomic mass is 35.5. The molecule has 1 N–H and O–H groups in total. The van der Waals surface area contributed by atoms with E-state index in [2.05, 4.69) is 12.2 Å². The third-order valence-electron chi connectivity index (χ3n) is 2.45. The van der Waals surface area contributed by atoms with Crippen LogP contribution in [0.3, 0.4) is 0 Å². The maximum atomic E-state index is 6.09. The molecule has 76 valence electrons. The largest absolute Gasteiger partial charge is 0.371 e. The Balaban J connectivity index is 2.12. The first kappa shape index (κ1) is 9.97. The van der Waals surface area contributed by atoms with E-state index in [1.807, 2.05) is 24.3 Å². The summed E-state index contributed by atoms with van der Waals surface area (Å²) in [4.78, 5) is 0. The molecule has 0 saturated carbocycles. The summed E-state index contributed by atoms with van der Waals surface area (Å²) < 4.78 is 5.71. The van der Waals surface area contributed by atoms with E-state index < -0.39 is 0 Å². The van der Waals surface area contributed by atoms with E-state index >= 15 is 0 Å². The third kappa shape index (κ3) is 2.08. The zero-order chi connectivity index (χ0) is 9.97. The summed E-state index contributed by atoms with van der Waals surface area (Å²) in [6, 6.07) is 8.28. The molecule has 3 heteroatoms. The topological polar surface area (TPSA) is 21.3 Å². The summed E-state index contributed by atoms with van der Waals surface area (Å²) in [7, 11) is 0. The molecule has 0 amide bonds. The van der Waals surface area contributed by atoms with E-state index in [0.717, 1.165) is 23.7 Å². The van der Waals surface area contributed by atoms with Crippen molar-refractivity contribution in [2.75, 3.05) is 13.2 Å². The Bertz CT molecular complexity index is 308. The van der Waals surface area contributed by atoms with E-state index in [4.69, 9.17) is 16.3 Å². The van der Waals surface area contributed by atoms with Crippen molar-refractivity contribution in [2.45, 2.75) is 19.1 Å². The number of rotatable bonds is 1. The highest BCUT2D eigenvalue weighted by molar-refractivity contribution is 6.31. The van der Waals surface area contributed by atoms with E-state index in [1.54, 1.807) is 0 Å². The molecule has 1 aliphatic heterocycles. The lowest BCUT2D eigenvalue weighted by Gasteiger charge is -2.28. The van der Waals surface area contributed by atoms with E-state index in [9.17, 15) is 0 Å². The predicted octanol–water partition coefficient (Wildman–Crippen LogP) is 2.39. The molecule has 0 unspecified atom stereocenters. The van der Waals surface area contributed by atoms with Gasteiger partial charge < -0.3 is 10.1 Å². The van der Waals surface area contributed by atoms with E-state index in [-0.39, 0.29) is 6.10 Å². The van der Waals surface area contributed by atoms with Gasteiger partial charge in [-0.15, -0.1) is 0 Å². The fourth-order valence-corrected chi connectivity index (χ4v) is 1.88. The third-order valence-corrected chi connectivity index (χ3v) is 2.80. The first-order chi connectivity index (χ1) is 6.77. The molecule has 1 saturated heterocycles. The van der Waals surface area contributed by atoms with Crippen LogP contribution in [0.4, 0.5) is 0 Å². The number of morpholine rings is 1. The van der Waals surface area contributed by atoms with Gasteiger partial charge in [-0.05, 0) is 13.0 Å². The molecule has 2 nitrogen and oxygen atoms in total. The van der Waals surface area contributed by atoms with Crippen LogP contribution in [0.5, 0.6) is 0 Å². The van der Waals surface area contributed by atoms with Gasteiger partial charge in [0, 0.05) is 23.2 Å². The second kappa shape index (κ2) is 4.30. The molecule has 1 aromatic carbocycles. The Hall–Kier alpha value is -0.570. The number of hydrogen-bond donors (Lipinski definition) is 1. The number of benzene rings is 1. The molecule has 2 rings (SSSR count). The summed E-state index contributed by atoms with van der Waals surface area (Å²) in [6.07, 6.45) is 0.0971. The fourth-order valence-electron chi connectivity index (χ4n) is 1.62. The van der Waals surface area contributed by atoms with Crippen molar-refractivity contribution in [1.29, 1.82) is 0 Å². The molecular formula is C11H14ClNO. The van der Waals surface area contributed by atoms with Crippen LogP contribution in [0.1, 0.15) is 18.6 Å². The number of hydrogen-bond acceptors (Lipinski definition) is 2. The van der Waals surface area contributed by atoms with E-state index in [0.29, 0.717) is 6.04 Å². The predicted molar refractivity (Wildman–Crippen MR) is 57.6 cm³/mol. The van der Waals surface area contributed by atoms with Gasteiger partial charge in [-0.1, -0.05) is 29.8 Å². The minimum absolute atomic E-state index is 0.0971. The zero-order valence-electron chi connectivity index (χ0n) is 8.16. The Labute approximate surface area is 89.2 Å².